The van der Waals surface area contributed by atoms with Gasteiger partial charge in [-0.1, -0.05) is 12.1 Å². The molecule has 3 aromatic heterocycles. The normalized spacial score (nSPS) is 11.6. The van der Waals surface area contributed by atoms with Crippen molar-refractivity contribution in [1.82, 2.24) is 24.9 Å². The molecule has 4 N–H and O–H groups in total. The van der Waals surface area contributed by atoms with E-state index in [4.69, 9.17) is 5.73 Å². The molecule has 0 aliphatic carbocycles. The van der Waals surface area contributed by atoms with E-state index < -0.39 is 5.91 Å². The molecule has 0 saturated heterocycles. The monoisotopic (exact) mass is 430 g/mol. The summed E-state index contributed by atoms with van der Waals surface area (Å²) in [7, 11) is 0. The topological polar surface area (TPSA) is 132 Å². The summed E-state index contributed by atoms with van der Waals surface area (Å²) in [5.41, 5.74) is 7.52. The maximum Gasteiger partial charge on any atom is 0.267 e. The first-order chi connectivity index (χ1) is 15.5. The molecule has 4 aromatic rings. The minimum Gasteiger partial charge on any atom is -0.364 e. The zero-order chi connectivity index (χ0) is 22.5. The number of carbonyl (C=O) groups excluding carboxylic acids is 1. The van der Waals surface area contributed by atoms with Gasteiger partial charge in [-0.15, -0.1) is 0 Å². The number of hydrogen-bond donors (Lipinski definition) is 3. The van der Waals surface area contributed by atoms with Gasteiger partial charge < -0.3 is 16.4 Å². The number of primary amides is 1. The van der Waals surface area contributed by atoms with Crippen molar-refractivity contribution in [2.24, 2.45) is 5.73 Å². The molecule has 4 rings (SSSR count). The van der Waals surface area contributed by atoms with Gasteiger partial charge in [0.15, 0.2) is 0 Å². The highest BCUT2D eigenvalue weighted by Crippen LogP contribution is 2.25. The van der Waals surface area contributed by atoms with E-state index in [1.54, 1.807) is 42.9 Å². The van der Waals surface area contributed by atoms with Crippen molar-refractivity contribution in [3.63, 3.8) is 0 Å². The van der Waals surface area contributed by atoms with Crippen molar-refractivity contribution in [3.05, 3.63) is 84.3 Å². The van der Waals surface area contributed by atoms with Gasteiger partial charge in [0.25, 0.3) is 5.91 Å². The molecule has 0 spiro atoms. The van der Waals surface area contributed by atoms with Gasteiger partial charge in [-0.05, 0) is 36.8 Å². The molecule has 0 aliphatic heterocycles. The molecule has 3 heterocycles. The number of anilines is 3. The Labute approximate surface area is 183 Å². The van der Waals surface area contributed by atoms with Gasteiger partial charge in [-0.3, -0.25) is 14.8 Å². The SMILES string of the molecule is CC(Nc1nc(Nc2cnccn2)cc(-c2ccc(C(N)=O)nc2)n1)c1ccc(F)cc1. The molecular weight excluding hydrogens is 411 g/mol. The molecule has 1 amide bonds. The Morgan fingerprint density at radius 2 is 1.81 bits per heavy atom. The maximum atomic E-state index is 13.3. The molecule has 0 fully saturated rings. The highest BCUT2D eigenvalue weighted by atomic mass is 19.1. The summed E-state index contributed by atoms with van der Waals surface area (Å²) in [5.74, 6) is 0.408. The Morgan fingerprint density at radius 3 is 2.47 bits per heavy atom. The second-order valence-corrected chi connectivity index (χ2v) is 6.89. The van der Waals surface area contributed by atoms with Crippen LogP contribution in [0.3, 0.4) is 0 Å². The van der Waals surface area contributed by atoms with Gasteiger partial charge in [0.2, 0.25) is 5.95 Å². The molecule has 0 aliphatic rings. The first-order valence-corrected chi connectivity index (χ1v) is 9.68. The zero-order valence-electron chi connectivity index (χ0n) is 17.0. The third-order valence-corrected chi connectivity index (χ3v) is 4.57. The Morgan fingerprint density at radius 1 is 1.00 bits per heavy atom. The first-order valence-electron chi connectivity index (χ1n) is 9.68. The van der Waals surface area contributed by atoms with Crippen LogP contribution in [0, 0.1) is 5.82 Å². The average molecular weight is 430 g/mol. The van der Waals surface area contributed by atoms with E-state index in [-0.39, 0.29) is 17.6 Å². The predicted molar refractivity (Wildman–Crippen MR) is 118 cm³/mol. The number of halogens is 1. The number of rotatable bonds is 7. The fourth-order valence-corrected chi connectivity index (χ4v) is 2.94. The lowest BCUT2D eigenvalue weighted by Crippen LogP contribution is -2.13. The minimum atomic E-state index is -0.611. The number of hydrogen-bond acceptors (Lipinski definition) is 8. The van der Waals surface area contributed by atoms with E-state index >= 15 is 0 Å². The number of nitrogens with zero attached hydrogens (tertiary/aromatic N) is 5. The second-order valence-electron chi connectivity index (χ2n) is 6.89. The largest absolute Gasteiger partial charge is 0.364 e. The van der Waals surface area contributed by atoms with Crippen molar-refractivity contribution < 1.29 is 9.18 Å². The van der Waals surface area contributed by atoms with Crippen LogP contribution in [0.1, 0.15) is 29.0 Å². The molecule has 0 bridgehead atoms. The first kappa shape index (κ1) is 20.8. The van der Waals surface area contributed by atoms with Crippen LogP contribution in [0.5, 0.6) is 0 Å². The summed E-state index contributed by atoms with van der Waals surface area (Å²) >= 11 is 0. The summed E-state index contributed by atoms with van der Waals surface area (Å²) in [4.78, 5) is 32.7. The Balaban J connectivity index is 1.67. The van der Waals surface area contributed by atoms with Crippen LogP contribution >= 0.6 is 0 Å². The highest BCUT2D eigenvalue weighted by Gasteiger charge is 2.13. The third kappa shape index (κ3) is 4.98. The van der Waals surface area contributed by atoms with Gasteiger partial charge in [-0.2, -0.15) is 4.98 Å². The molecule has 1 atom stereocenters. The molecule has 10 heteroatoms. The average Bonchev–Trinajstić information content (AvgIpc) is 2.80. The molecule has 160 valence electrons. The third-order valence-electron chi connectivity index (χ3n) is 4.57. The number of pyridine rings is 1. The molecule has 32 heavy (non-hydrogen) atoms. The van der Waals surface area contributed by atoms with Gasteiger partial charge in [0.05, 0.1) is 17.9 Å². The second kappa shape index (κ2) is 9.13. The summed E-state index contributed by atoms with van der Waals surface area (Å²) in [6.07, 6.45) is 6.22. The number of amides is 1. The Hall–Kier alpha value is -4.47. The van der Waals surface area contributed by atoms with Crippen LogP contribution < -0.4 is 16.4 Å². The van der Waals surface area contributed by atoms with Crippen LogP contribution in [0.25, 0.3) is 11.3 Å². The molecule has 9 nitrogen and oxygen atoms in total. The Bertz CT molecular complexity index is 1220. The van der Waals surface area contributed by atoms with Crippen molar-refractivity contribution in [2.75, 3.05) is 10.6 Å². The van der Waals surface area contributed by atoms with Crippen LogP contribution in [-0.2, 0) is 0 Å². The molecule has 0 saturated carbocycles. The molecule has 1 unspecified atom stereocenters. The van der Waals surface area contributed by atoms with Crippen molar-refractivity contribution in [2.45, 2.75) is 13.0 Å². The summed E-state index contributed by atoms with van der Waals surface area (Å²) in [6, 6.07) is 11.0. The van der Waals surface area contributed by atoms with Crippen LogP contribution in [0.4, 0.5) is 22.0 Å². The van der Waals surface area contributed by atoms with Crippen molar-refractivity contribution >= 4 is 23.5 Å². The number of aromatic nitrogens is 5. The summed E-state index contributed by atoms with van der Waals surface area (Å²) < 4.78 is 13.3. The number of benzene rings is 1. The van der Waals surface area contributed by atoms with E-state index in [0.29, 0.717) is 28.8 Å². The standard InChI is InChI=1S/C22H19FN8O/c1-13(14-2-5-16(23)6-3-14)28-22-29-18(15-4-7-17(21(24)32)27-11-15)10-19(31-22)30-20-12-25-8-9-26-20/h2-13H,1H3,(H2,24,32)(H2,26,28,29,30,31). The van der Waals surface area contributed by atoms with Crippen LogP contribution in [0.15, 0.2) is 67.3 Å². The lowest BCUT2D eigenvalue weighted by atomic mass is 10.1. The number of carbonyl (C=O) groups is 1. The lowest BCUT2D eigenvalue weighted by Gasteiger charge is -2.16. The fraction of sp³-hybridized carbons (Fsp3) is 0.0909. The highest BCUT2D eigenvalue weighted by molar-refractivity contribution is 5.91. The van der Waals surface area contributed by atoms with Gasteiger partial charge >= 0.3 is 0 Å². The van der Waals surface area contributed by atoms with E-state index in [0.717, 1.165) is 5.56 Å². The summed E-state index contributed by atoms with van der Waals surface area (Å²) in [5, 5.41) is 6.32. The fourth-order valence-electron chi connectivity index (χ4n) is 2.94. The predicted octanol–water partition coefficient (Wildman–Crippen LogP) is 3.48. The quantitative estimate of drug-likeness (QED) is 0.406. The van der Waals surface area contributed by atoms with E-state index in [9.17, 15) is 9.18 Å². The lowest BCUT2D eigenvalue weighted by molar-refractivity contribution is 0.0995. The van der Waals surface area contributed by atoms with Gasteiger partial charge in [-0.25, -0.2) is 14.4 Å². The smallest absolute Gasteiger partial charge is 0.267 e. The summed E-state index contributed by atoms with van der Waals surface area (Å²) in [6.45, 7) is 1.92. The van der Waals surface area contributed by atoms with Crippen molar-refractivity contribution in [1.29, 1.82) is 0 Å². The number of nitrogens with one attached hydrogen (secondary N) is 2. The minimum absolute atomic E-state index is 0.156. The van der Waals surface area contributed by atoms with Gasteiger partial charge in [0.1, 0.15) is 23.1 Å². The molecule has 1 aromatic carbocycles. The zero-order valence-corrected chi connectivity index (χ0v) is 17.0. The number of nitrogens with two attached hydrogens (primary N) is 1. The van der Waals surface area contributed by atoms with Crippen molar-refractivity contribution in [3.8, 4) is 11.3 Å². The van der Waals surface area contributed by atoms with E-state index in [1.165, 1.54) is 24.4 Å². The maximum absolute atomic E-state index is 13.3. The van der Waals surface area contributed by atoms with Gasteiger partial charge in [0, 0.05) is 30.2 Å². The molecular formula is C22H19FN8O. The van der Waals surface area contributed by atoms with Crippen LogP contribution in [-0.4, -0.2) is 30.8 Å². The Kier molecular flexibility index (Phi) is 5.93. The molecule has 0 radical (unpaired) electrons. The van der Waals surface area contributed by atoms with E-state index in [1.807, 2.05) is 6.92 Å². The van der Waals surface area contributed by atoms with E-state index in [2.05, 4.69) is 35.6 Å². The van der Waals surface area contributed by atoms with Crippen LogP contribution in [0.2, 0.25) is 0 Å².